The van der Waals surface area contributed by atoms with Crippen LogP contribution < -0.4 is 10.5 Å². The van der Waals surface area contributed by atoms with Gasteiger partial charge >= 0.3 is 0 Å². The minimum Gasteiger partial charge on any atom is -0.497 e. The predicted molar refractivity (Wildman–Crippen MR) is 117 cm³/mol. The van der Waals surface area contributed by atoms with Crippen LogP contribution in [0, 0.1) is 5.92 Å². The maximum absolute atomic E-state index is 9.01. The molecule has 0 aromatic heterocycles. The number of rotatable bonds is 11. The number of aryl methyl sites for hydroxylation is 1. The second-order valence-corrected chi connectivity index (χ2v) is 8.16. The Labute approximate surface area is 175 Å². The molecule has 158 valence electrons. The quantitative estimate of drug-likeness (QED) is 0.557. The SMILES string of the molecule is COc1cccc(COC[C@H]2CCc3cc([C@H](CN)CCCCO)ccc3C2)c1. The van der Waals surface area contributed by atoms with Crippen molar-refractivity contribution in [1.82, 2.24) is 0 Å². The number of aliphatic hydroxyl groups is 1. The molecule has 3 N–H and O–H groups in total. The van der Waals surface area contributed by atoms with Gasteiger partial charge in [-0.2, -0.15) is 0 Å². The molecule has 1 aliphatic rings. The third-order valence-electron chi connectivity index (χ3n) is 6.03. The van der Waals surface area contributed by atoms with Crippen molar-refractivity contribution < 1.29 is 14.6 Å². The molecule has 3 rings (SSSR count). The number of benzene rings is 2. The molecule has 0 radical (unpaired) electrons. The van der Waals surface area contributed by atoms with E-state index in [1.807, 2.05) is 18.2 Å². The van der Waals surface area contributed by atoms with Crippen LogP contribution in [0.2, 0.25) is 0 Å². The number of fused-ring (bicyclic) bond motifs is 1. The molecule has 0 heterocycles. The Morgan fingerprint density at radius 2 is 2.03 bits per heavy atom. The number of aliphatic hydroxyl groups excluding tert-OH is 1. The van der Waals surface area contributed by atoms with Crippen molar-refractivity contribution in [3.8, 4) is 5.75 Å². The summed E-state index contributed by atoms with van der Waals surface area (Å²) in [5, 5.41) is 9.01. The Balaban J connectivity index is 1.51. The van der Waals surface area contributed by atoms with Gasteiger partial charge in [-0.1, -0.05) is 36.8 Å². The fourth-order valence-electron chi connectivity index (χ4n) is 4.28. The highest BCUT2D eigenvalue weighted by Crippen LogP contribution is 2.30. The molecule has 2 aromatic rings. The summed E-state index contributed by atoms with van der Waals surface area (Å²) >= 11 is 0. The predicted octanol–water partition coefficient (Wildman–Crippen LogP) is 4.22. The maximum Gasteiger partial charge on any atom is 0.119 e. The van der Waals surface area contributed by atoms with Gasteiger partial charge in [-0.05, 0) is 84.9 Å². The number of hydrogen-bond donors (Lipinski definition) is 2. The minimum atomic E-state index is 0.267. The maximum atomic E-state index is 9.01. The average Bonchev–Trinajstić information content (AvgIpc) is 2.76. The van der Waals surface area contributed by atoms with Crippen LogP contribution >= 0.6 is 0 Å². The van der Waals surface area contributed by atoms with Crippen LogP contribution in [0.25, 0.3) is 0 Å². The summed E-state index contributed by atoms with van der Waals surface area (Å²) in [5.41, 5.74) is 11.5. The van der Waals surface area contributed by atoms with Crippen molar-refractivity contribution in [2.45, 2.75) is 51.0 Å². The minimum absolute atomic E-state index is 0.267. The van der Waals surface area contributed by atoms with Crippen LogP contribution in [0.5, 0.6) is 5.75 Å². The second-order valence-electron chi connectivity index (χ2n) is 8.16. The van der Waals surface area contributed by atoms with Crippen molar-refractivity contribution in [2.75, 3.05) is 26.9 Å². The Morgan fingerprint density at radius 1 is 1.14 bits per heavy atom. The van der Waals surface area contributed by atoms with Crippen molar-refractivity contribution in [1.29, 1.82) is 0 Å². The first-order valence-electron chi connectivity index (χ1n) is 10.9. The molecule has 0 unspecified atom stereocenters. The van der Waals surface area contributed by atoms with E-state index in [1.165, 1.54) is 23.1 Å². The smallest absolute Gasteiger partial charge is 0.119 e. The molecule has 0 fully saturated rings. The molecule has 0 bridgehead atoms. The number of methoxy groups -OCH3 is 1. The number of nitrogens with two attached hydrogens (primary N) is 1. The van der Waals surface area contributed by atoms with Crippen LogP contribution in [0.4, 0.5) is 0 Å². The zero-order valence-electron chi connectivity index (χ0n) is 17.6. The monoisotopic (exact) mass is 397 g/mol. The number of unbranched alkanes of at least 4 members (excludes halogenated alkanes) is 1. The van der Waals surface area contributed by atoms with E-state index in [9.17, 15) is 0 Å². The normalized spacial score (nSPS) is 17.0. The molecular formula is C25H35NO3. The van der Waals surface area contributed by atoms with E-state index in [0.29, 0.717) is 25.0 Å². The third-order valence-corrected chi connectivity index (χ3v) is 6.03. The van der Waals surface area contributed by atoms with Crippen LogP contribution in [-0.4, -0.2) is 32.0 Å². The molecule has 2 atom stereocenters. The van der Waals surface area contributed by atoms with Crippen molar-refractivity contribution >= 4 is 0 Å². The first-order chi connectivity index (χ1) is 14.2. The molecule has 4 nitrogen and oxygen atoms in total. The second kappa shape index (κ2) is 11.3. The van der Waals surface area contributed by atoms with E-state index in [2.05, 4.69) is 24.3 Å². The summed E-state index contributed by atoms with van der Waals surface area (Å²) in [7, 11) is 1.69. The lowest BCUT2D eigenvalue weighted by atomic mass is 9.81. The summed E-state index contributed by atoms with van der Waals surface area (Å²) in [4.78, 5) is 0. The molecule has 29 heavy (non-hydrogen) atoms. The van der Waals surface area contributed by atoms with Gasteiger partial charge in [-0.25, -0.2) is 0 Å². The number of hydrogen-bond acceptors (Lipinski definition) is 4. The summed E-state index contributed by atoms with van der Waals surface area (Å²) in [5.74, 6) is 1.85. The Morgan fingerprint density at radius 3 is 2.83 bits per heavy atom. The van der Waals surface area contributed by atoms with Gasteiger partial charge in [0, 0.05) is 6.61 Å². The highest BCUT2D eigenvalue weighted by atomic mass is 16.5. The zero-order valence-corrected chi connectivity index (χ0v) is 17.6. The van der Waals surface area contributed by atoms with Crippen LogP contribution in [0.15, 0.2) is 42.5 Å². The molecule has 2 aromatic carbocycles. The molecule has 0 spiro atoms. The molecular weight excluding hydrogens is 362 g/mol. The van der Waals surface area contributed by atoms with Gasteiger partial charge in [-0.15, -0.1) is 0 Å². The van der Waals surface area contributed by atoms with Crippen LogP contribution in [-0.2, 0) is 24.2 Å². The molecule has 0 aliphatic heterocycles. The standard InChI is InChI=1S/C25H35NO3/c1-28-25-7-4-5-19(14-25)17-29-18-20-8-9-22-15-23(11-10-21(22)13-20)24(16-26)6-2-3-12-27/h4-5,7,10-11,14-15,20,24,27H,2-3,6,8-9,12-13,16-18,26H2,1H3/t20-,24-/m0/s1. The highest BCUT2D eigenvalue weighted by Gasteiger charge is 2.20. The lowest BCUT2D eigenvalue weighted by Crippen LogP contribution is -2.20. The highest BCUT2D eigenvalue weighted by molar-refractivity contribution is 5.36. The fourth-order valence-corrected chi connectivity index (χ4v) is 4.28. The van der Waals surface area contributed by atoms with Crippen molar-refractivity contribution in [2.24, 2.45) is 11.7 Å². The zero-order chi connectivity index (χ0) is 20.5. The molecule has 0 saturated carbocycles. The summed E-state index contributed by atoms with van der Waals surface area (Å²) in [6, 6.07) is 15.0. The summed E-state index contributed by atoms with van der Waals surface area (Å²) < 4.78 is 11.3. The number of ether oxygens (including phenoxy) is 2. The lowest BCUT2D eigenvalue weighted by molar-refractivity contribution is 0.0822. The van der Waals surface area contributed by atoms with E-state index in [4.69, 9.17) is 20.3 Å². The Bertz CT molecular complexity index is 761. The molecule has 1 aliphatic carbocycles. The largest absolute Gasteiger partial charge is 0.497 e. The van der Waals surface area contributed by atoms with Crippen molar-refractivity contribution in [3.05, 3.63) is 64.7 Å². The van der Waals surface area contributed by atoms with Gasteiger partial charge < -0.3 is 20.3 Å². The Kier molecular flexibility index (Phi) is 8.53. The van der Waals surface area contributed by atoms with Gasteiger partial charge in [0.1, 0.15) is 5.75 Å². The summed E-state index contributed by atoms with van der Waals surface area (Å²) in [6.07, 6.45) is 6.32. The first-order valence-corrected chi connectivity index (χ1v) is 10.9. The van der Waals surface area contributed by atoms with E-state index < -0.39 is 0 Å². The summed E-state index contributed by atoms with van der Waals surface area (Å²) in [6.45, 7) is 2.37. The molecule has 4 heteroatoms. The van der Waals surface area contributed by atoms with Crippen molar-refractivity contribution in [3.63, 3.8) is 0 Å². The van der Waals surface area contributed by atoms with E-state index >= 15 is 0 Å². The van der Waals surface area contributed by atoms with E-state index in [1.54, 1.807) is 7.11 Å². The van der Waals surface area contributed by atoms with Gasteiger partial charge in [0.15, 0.2) is 0 Å². The van der Waals surface area contributed by atoms with E-state index in [-0.39, 0.29) is 6.61 Å². The van der Waals surface area contributed by atoms with Gasteiger partial charge in [0.25, 0.3) is 0 Å². The van der Waals surface area contributed by atoms with Gasteiger partial charge in [0.05, 0.1) is 20.3 Å². The van der Waals surface area contributed by atoms with E-state index in [0.717, 1.165) is 50.0 Å². The average molecular weight is 398 g/mol. The van der Waals surface area contributed by atoms with Crippen LogP contribution in [0.1, 0.15) is 53.9 Å². The Hall–Kier alpha value is -1.88. The van der Waals surface area contributed by atoms with Crippen LogP contribution in [0.3, 0.4) is 0 Å². The van der Waals surface area contributed by atoms with Gasteiger partial charge in [-0.3, -0.25) is 0 Å². The third kappa shape index (κ3) is 6.30. The molecule has 0 amide bonds. The molecule has 0 saturated heterocycles. The first kappa shape index (κ1) is 21.8. The van der Waals surface area contributed by atoms with Gasteiger partial charge in [0.2, 0.25) is 0 Å². The fraction of sp³-hybridized carbons (Fsp3) is 0.520. The lowest BCUT2D eigenvalue weighted by Gasteiger charge is -2.26. The topological polar surface area (TPSA) is 64.7 Å².